The quantitative estimate of drug-likeness (QED) is 0.368. The molecule has 0 saturated carbocycles. The van der Waals surface area contributed by atoms with Gasteiger partial charge in [-0.2, -0.15) is 0 Å². The second kappa shape index (κ2) is 9.80. The Labute approximate surface area is 127 Å². The minimum Gasteiger partial charge on any atom is -0.370 e. The summed E-state index contributed by atoms with van der Waals surface area (Å²) in [5, 5.41) is 10.2. The van der Waals surface area contributed by atoms with Crippen molar-refractivity contribution in [3.63, 3.8) is 0 Å². The first kappa shape index (κ1) is 17.0. The fourth-order valence-corrected chi connectivity index (χ4v) is 2.01. The number of nitrogens with zero attached hydrogens (tertiary/aromatic N) is 1. The third-order valence-electron chi connectivity index (χ3n) is 3.39. The van der Waals surface area contributed by atoms with E-state index in [0.717, 1.165) is 32.2 Å². The Balaban J connectivity index is 2.00. The van der Waals surface area contributed by atoms with Gasteiger partial charge in [-0.05, 0) is 24.8 Å². The average Bonchev–Trinajstić information content (AvgIpc) is 2.47. The van der Waals surface area contributed by atoms with E-state index in [0.29, 0.717) is 13.0 Å². The third-order valence-corrected chi connectivity index (χ3v) is 3.39. The molecule has 1 aromatic carbocycles. The molecule has 1 aromatic rings. The molecule has 0 unspecified atom stereocenters. The fraction of sp³-hybridized carbons (Fsp3) is 0.500. The molecule has 0 fully saturated rings. The van der Waals surface area contributed by atoms with Crippen LogP contribution in [0.15, 0.2) is 30.3 Å². The van der Waals surface area contributed by atoms with Gasteiger partial charge in [0.1, 0.15) is 0 Å². The van der Waals surface area contributed by atoms with E-state index in [1.165, 1.54) is 5.56 Å². The summed E-state index contributed by atoms with van der Waals surface area (Å²) in [6, 6.07) is 10.1. The molecule has 1 rings (SSSR count). The van der Waals surface area contributed by atoms with Crippen LogP contribution in [0.25, 0.3) is 0 Å². The van der Waals surface area contributed by atoms with Gasteiger partial charge >= 0.3 is 0 Å². The number of guanidine groups is 1. The molecule has 21 heavy (non-hydrogen) atoms. The van der Waals surface area contributed by atoms with E-state index in [1.807, 2.05) is 18.2 Å². The molecule has 0 heterocycles. The van der Waals surface area contributed by atoms with Crippen molar-refractivity contribution in [1.82, 2.24) is 10.2 Å². The van der Waals surface area contributed by atoms with Crippen LogP contribution in [-0.4, -0.2) is 36.9 Å². The normalized spacial score (nSPS) is 10.1. The zero-order valence-electron chi connectivity index (χ0n) is 12.8. The van der Waals surface area contributed by atoms with Crippen molar-refractivity contribution < 1.29 is 4.79 Å². The van der Waals surface area contributed by atoms with E-state index in [4.69, 9.17) is 11.1 Å². The predicted molar refractivity (Wildman–Crippen MR) is 86.2 cm³/mol. The monoisotopic (exact) mass is 290 g/mol. The summed E-state index contributed by atoms with van der Waals surface area (Å²) in [6.45, 7) is 1.46. The van der Waals surface area contributed by atoms with Crippen molar-refractivity contribution >= 4 is 11.9 Å². The lowest BCUT2D eigenvalue weighted by Crippen LogP contribution is -2.33. The summed E-state index contributed by atoms with van der Waals surface area (Å²) in [5.41, 5.74) is 6.59. The van der Waals surface area contributed by atoms with Gasteiger partial charge in [0.05, 0.1) is 0 Å². The lowest BCUT2D eigenvalue weighted by molar-refractivity contribution is -0.121. The van der Waals surface area contributed by atoms with Gasteiger partial charge in [-0.25, -0.2) is 0 Å². The van der Waals surface area contributed by atoms with E-state index in [1.54, 1.807) is 11.9 Å². The highest BCUT2D eigenvalue weighted by Gasteiger charge is 2.02. The Kier molecular flexibility index (Phi) is 7.94. The smallest absolute Gasteiger partial charge is 0.220 e. The molecule has 5 nitrogen and oxygen atoms in total. The third kappa shape index (κ3) is 7.97. The number of nitrogens with two attached hydrogens (primary N) is 1. The first-order valence-electron chi connectivity index (χ1n) is 7.45. The number of carbonyl (C=O) groups is 1. The SMILES string of the molecule is CN(CCCCCC(=O)NCCc1ccccc1)C(=N)N. The molecule has 0 saturated heterocycles. The summed E-state index contributed by atoms with van der Waals surface area (Å²) in [7, 11) is 1.80. The zero-order chi connectivity index (χ0) is 15.5. The van der Waals surface area contributed by atoms with Crippen molar-refractivity contribution in [2.75, 3.05) is 20.1 Å². The number of nitrogens with one attached hydrogen (secondary N) is 2. The van der Waals surface area contributed by atoms with E-state index in [-0.39, 0.29) is 11.9 Å². The molecule has 0 aliphatic heterocycles. The lowest BCUT2D eigenvalue weighted by atomic mass is 10.1. The van der Waals surface area contributed by atoms with E-state index < -0.39 is 0 Å². The number of carbonyl (C=O) groups excluding carboxylic acids is 1. The number of amides is 1. The first-order chi connectivity index (χ1) is 10.1. The van der Waals surface area contributed by atoms with Gasteiger partial charge in [0.25, 0.3) is 0 Å². The van der Waals surface area contributed by atoms with Crippen LogP contribution in [0, 0.1) is 5.41 Å². The Morgan fingerprint density at radius 2 is 1.95 bits per heavy atom. The lowest BCUT2D eigenvalue weighted by Gasteiger charge is -2.15. The van der Waals surface area contributed by atoms with Crippen molar-refractivity contribution in [3.05, 3.63) is 35.9 Å². The molecule has 116 valence electrons. The topological polar surface area (TPSA) is 82.2 Å². The van der Waals surface area contributed by atoms with Crippen LogP contribution in [0.2, 0.25) is 0 Å². The molecule has 0 aliphatic rings. The molecule has 0 spiro atoms. The Bertz CT molecular complexity index is 433. The van der Waals surface area contributed by atoms with Gasteiger partial charge in [-0.1, -0.05) is 36.8 Å². The maximum Gasteiger partial charge on any atom is 0.220 e. The second-order valence-electron chi connectivity index (χ2n) is 5.20. The maximum absolute atomic E-state index is 11.7. The van der Waals surface area contributed by atoms with Gasteiger partial charge in [0, 0.05) is 26.6 Å². The molecule has 0 aromatic heterocycles. The van der Waals surface area contributed by atoms with Gasteiger partial charge < -0.3 is 16.0 Å². The summed E-state index contributed by atoms with van der Waals surface area (Å²) >= 11 is 0. The second-order valence-corrected chi connectivity index (χ2v) is 5.20. The minimum absolute atomic E-state index is 0.0913. The molecule has 0 atom stereocenters. The molecule has 4 N–H and O–H groups in total. The summed E-state index contributed by atoms with van der Waals surface area (Å²) in [4.78, 5) is 13.4. The van der Waals surface area contributed by atoms with Gasteiger partial charge in [-0.15, -0.1) is 0 Å². The molecular formula is C16H26N4O. The highest BCUT2D eigenvalue weighted by atomic mass is 16.1. The number of unbranched alkanes of at least 4 members (excludes halogenated alkanes) is 2. The molecule has 0 aliphatic carbocycles. The van der Waals surface area contributed by atoms with Crippen molar-refractivity contribution in [3.8, 4) is 0 Å². The summed E-state index contributed by atoms with van der Waals surface area (Å²) in [6.07, 6.45) is 4.24. The average molecular weight is 290 g/mol. The zero-order valence-corrected chi connectivity index (χ0v) is 12.8. The Hall–Kier alpha value is -2.04. The standard InChI is InChI=1S/C16H26N4O/c1-20(16(17)18)13-7-3-6-10-15(21)19-12-11-14-8-4-2-5-9-14/h2,4-5,8-9H,3,6-7,10-13H2,1H3,(H3,17,18)(H,19,21). The minimum atomic E-state index is 0.0913. The fourth-order valence-electron chi connectivity index (χ4n) is 2.01. The van der Waals surface area contributed by atoms with Crippen molar-refractivity contribution in [2.24, 2.45) is 5.73 Å². The predicted octanol–water partition coefficient (Wildman–Crippen LogP) is 1.73. The number of hydrogen-bond acceptors (Lipinski definition) is 2. The van der Waals surface area contributed by atoms with Crippen molar-refractivity contribution in [1.29, 1.82) is 5.41 Å². The van der Waals surface area contributed by atoms with E-state index >= 15 is 0 Å². The highest BCUT2D eigenvalue weighted by Crippen LogP contribution is 2.02. The number of rotatable bonds is 9. The largest absolute Gasteiger partial charge is 0.370 e. The van der Waals surface area contributed by atoms with Crippen LogP contribution in [0.4, 0.5) is 0 Å². The van der Waals surface area contributed by atoms with E-state index in [9.17, 15) is 4.79 Å². The summed E-state index contributed by atoms with van der Waals surface area (Å²) in [5.74, 6) is 0.208. The van der Waals surface area contributed by atoms with E-state index in [2.05, 4.69) is 17.4 Å². The van der Waals surface area contributed by atoms with Crippen LogP contribution in [0.1, 0.15) is 31.2 Å². The van der Waals surface area contributed by atoms with Gasteiger partial charge in [0.2, 0.25) is 5.91 Å². The highest BCUT2D eigenvalue weighted by molar-refractivity contribution is 5.75. The van der Waals surface area contributed by atoms with Crippen LogP contribution >= 0.6 is 0 Å². The number of benzene rings is 1. The van der Waals surface area contributed by atoms with Crippen LogP contribution in [0.5, 0.6) is 0 Å². The molecule has 1 amide bonds. The molecular weight excluding hydrogens is 264 g/mol. The van der Waals surface area contributed by atoms with Crippen LogP contribution < -0.4 is 11.1 Å². The van der Waals surface area contributed by atoms with Crippen LogP contribution in [-0.2, 0) is 11.2 Å². The maximum atomic E-state index is 11.7. The molecule has 5 heteroatoms. The van der Waals surface area contributed by atoms with Gasteiger partial charge in [0.15, 0.2) is 5.96 Å². The van der Waals surface area contributed by atoms with Crippen LogP contribution in [0.3, 0.4) is 0 Å². The number of hydrogen-bond donors (Lipinski definition) is 3. The molecule has 0 bridgehead atoms. The Morgan fingerprint density at radius 1 is 1.24 bits per heavy atom. The summed E-state index contributed by atoms with van der Waals surface area (Å²) < 4.78 is 0. The Morgan fingerprint density at radius 3 is 2.62 bits per heavy atom. The van der Waals surface area contributed by atoms with Gasteiger partial charge in [-0.3, -0.25) is 10.2 Å². The first-order valence-corrected chi connectivity index (χ1v) is 7.45. The molecule has 0 radical (unpaired) electrons. The van der Waals surface area contributed by atoms with Crippen molar-refractivity contribution in [2.45, 2.75) is 32.1 Å².